The van der Waals surface area contributed by atoms with Crippen LogP contribution >= 0.6 is 0 Å². The van der Waals surface area contributed by atoms with E-state index in [0.717, 1.165) is 19.6 Å². The third kappa shape index (κ3) is 8.72. The Morgan fingerprint density at radius 2 is 1.67 bits per heavy atom. The number of rotatable bonds is 14. The number of nitrogens with zero attached hydrogens (tertiary/aromatic N) is 6. The Bertz CT molecular complexity index is 1320. The molecule has 0 saturated carbocycles. The summed E-state index contributed by atoms with van der Waals surface area (Å²) in [7, 11) is 3.08. The van der Waals surface area contributed by atoms with Crippen molar-refractivity contribution in [1.82, 2.24) is 35.3 Å². The van der Waals surface area contributed by atoms with Crippen LogP contribution in [0, 0.1) is 5.82 Å². The summed E-state index contributed by atoms with van der Waals surface area (Å²) >= 11 is 0. The summed E-state index contributed by atoms with van der Waals surface area (Å²) < 4.78 is 24.5. The number of amides is 2. The molecule has 1 aromatic heterocycles. The number of hydrogen-bond donors (Lipinski definition) is 1. The van der Waals surface area contributed by atoms with E-state index in [1.165, 1.54) is 41.1 Å². The maximum Gasteiger partial charge on any atom is 0.247 e. The average molecular weight is 584 g/mol. The lowest BCUT2D eigenvalue weighted by Gasteiger charge is -2.34. The van der Waals surface area contributed by atoms with Crippen molar-refractivity contribution in [2.24, 2.45) is 0 Å². The van der Waals surface area contributed by atoms with Gasteiger partial charge in [0, 0.05) is 17.6 Å². The van der Waals surface area contributed by atoms with Crippen molar-refractivity contribution in [2.45, 2.75) is 59.2 Å². The minimum Gasteiger partial charge on any atom is -0.493 e. The molecular formula is C30H42FN7O4. The molecule has 0 aliphatic carbocycles. The van der Waals surface area contributed by atoms with Crippen molar-refractivity contribution in [3.63, 3.8) is 0 Å². The standard InChI is InChI=1S/C30H42FN7O4/c1-8-36(9-2)17-10-18-37(27(29(40)32-30(3,4)5)21-11-14-23(31)15-12-21)26(39)20-38-34-28(33-35-38)22-13-16-24(41-6)25(19-22)42-7/h11-16,19,27H,8-10,17-18,20H2,1-7H3,(H,32,40)/t27-/m1/s1. The predicted octanol–water partition coefficient (Wildman–Crippen LogP) is 3.71. The van der Waals surface area contributed by atoms with Crippen LogP contribution in [0.1, 0.15) is 52.6 Å². The third-order valence-corrected chi connectivity index (χ3v) is 6.70. The first-order chi connectivity index (χ1) is 20.0. The van der Waals surface area contributed by atoms with Gasteiger partial charge in [-0.3, -0.25) is 9.59 Å². The molecule has 1 N–H and O–H groups in total. The predicted molar refractivity (Wildman–Crippen MR) is 158 cm³/mol. The fourth-order valence-corrected chi connectivity index (χ4v) is 4.57. The number of carbonyl (C=O) groups is 2. The Hall–Kier alpha value is -4.06. The van der Waals surface area contributed by atoms with E-state index in [1.54, 1.807) is 25.3 Å². The molecule has 0 spiro atoms. The molecule has 1 atom stereocenters. The maximum absolute atomic E-state index is 13.9. The Balaban J connectivity index is 1.93. The number of hydrogen-bond acceptors (Lipinski definition) is 8. The second-order valence-corrected chi connectivity index (χ2v) is 10.9. The van der Waals surface area contributed by atoms with E-state index in [9.17, 15) is 14.0 Å². The number of methoxy groups -OCH3 is 2. The highest BCUT2D eigenvalue weighted by Crippen LogP contribution is 2.31. The molecule has 0 fully saturated rings. The number of nitrogens with one attached hydrogen (secondary N) is 1. The molecule has 3 aromatic rings. The summed E-state index contributed by atoms with van der Waals surface area (Å²) in [6.07, 6.45) is 0.635. The summed E-state index contributed by atoms with van der Waals surface area (Å²) in [5.74, 6) is 0.213. The SMILES string of the molecule is CCN(CC)CCCN(C(=O)Cn1nnc(-c2ccc(OC)c(OC)c2)n1)[C@@H](C(=O)NC(C)(C)C)c1ccc(F)cc1. The molecule has 1 heterocycles. The van der Waals surface area contributed by atoms with Gasteiger partial charge in [-0.05, 0) is 87.9 Å². The minimum absolute atomic E-state index is 0.244. The molecule has 228 valence electrons. The van der Waals surface area contributed by atoms with E-state index in [0.29, 0.717) is 41.4 Å². The van der Waals surface area contributed by atoms with E-state index in [4.69, 9.17) is 9.47 Å². The average Bonchev–Trinajstić information content (AvgIpc) is 3.42. The fourth-order valence-electron chi connectivity index (χ4n) is 4.57. The Morgan fingerprint density at radius 3 is 2.26 bits per heavy atom. The summed E-state index contributed by atoms with van der Waals surface area (Å²) in [6.45, 7) is 12.3. The van der Waals surface area contributed by atoms with Crippen LogP contribution in [0.15, 0.2) is 42.5 Å². The first kappa shape index (κ1) is 32.5. The zero-order valence-corrected chi connectivity index (χ0v) is 25.6. The lowest BCUT2D eigenvalue weighted by atomic mass is 10.0. The molecule has 0 saturated heterocycles. The number of tetrazole rings is 1. The normalized spacial score (nSPS) is 12.2. The zero-order chi connectivity index (χ0) is 30.9. The molecule has 0 bridgehead atoms. The van der Waals surface area contributed by atoms with E-state index >= 15 is 0 Å². The molecule has 2 amide bonds. The second-order valence-electron chi connectivity index (χ2n) is 10.9. The van der Waals surface area contributed by atoms with Gasteiger partial charge in [0.15, 0.2) is 11.5 Å². The Labute approximate surface area is 247 Å². The number of aromatic nitrogens is 4. The molecule has 0 unspecified atom stereocenters. The Morgan fingerprint density at radius 1 is 1.00 bits per heavy atom. The second kappa shape index (κ2) is 14.7. The van der Waals surface area contributed by atoms with E-state index < -0.39 is 17.4 Å². The Kier molecular flexibility index (Phi) is 11.4. The smallest absolute Gasteiger partial charge is 0.247 e. The zero-order valence-electron chi connectivity index (χ0n) is 25.6. The van der Waals surface area contributed by atoms with Crippen LogP contribution in [-0.2, 0) is 16.1 Å². The minimum atomic E-state index is -0.983. The van der Waals surface area contributed by atoms with Crippen molar-refractivity contribution in [3.05, 3.63) is 53.8 Å². The maximum atomic E-state index is 13.9. The first-order valence-electron chi connectivity index (χ1n) is 14.1. The fraction of sp³-hybridized carbons (Fsp3) is 0.500. The van der Waals surface area contributed by atoms with Crippen LogP contribution in [-0.4, -0.2) is 87.8 Å². The highest BCUT2D eigenvalue weighted by atomic mass is 19.1. The monoisotopic (exact) mass is 583 g/mol. The van der Waals surface area contributed by atoms with Crippen molar-refractivity contribution >= 4 is 11.8 Å². The van der Waals surface area contributed by atoms with Gasteiger partial charge in [0.25, 0.3) is 0 Å². The largest absolute Gasteiger partial charge is 0.493 e. The number of benzene rings is 2. The van der Waals surface area contributed by atoms with E-state index in [1.807, 2.05) is 20.8 Å². The molecule has 0 aliphatic heterocycles. The van der Waals surface area contributed by atoms with Gasteiger partial charge < -0.3 is 24.6 Å². The van der Waals surface area contributed by atoms with Gasteiger partial charge in [0.2, 0.25) is 17.6 Å². The van der Waals surface area contributed by atoms with Crippen molar-refractivity contribution in [1.29, 1.82) is 0 Å². The molecular weight excluding hydrogens is 541 g/mol. The summed E-state index contributed by atoms with van der Waals surface area (Å²) in [5.41, 5.74) is 0.593. The van der Waals surface area contributed by atoms with Gasteiger partial charge in [-0.2, -0.15) is 4.80 Å². The van der Waals surface area contributed by atoms with Gasteiger partial charge in [-0.15, -0.1) is 10.2 Å². The summed E-state index contributed by atoms with van der Waals surface area (Å²) in [6, 6.07) is 9.90. The quantitative estimate of drug-likeness (QED) is 0.306. The lowest BCUT2D eigenvalue weighted by Crippen LogP contribution is -2.50. The highest BCUT2D eigenvalue weighted by Gasteiger charge is 2.33. The van der Waals surface area contributed by atoms with Gasteiger partial charge >= 0.3 is 0 Å². The van der Waals surface area contributed by atoms with Crippen LogP contribution in [0.25, 0.3) is 11.4 Å². The molecule has 0 radical (unpaired) electrons. The first-order valence-corrected chi connectivity index (χ1v) is 14.1. The lowest BCUT2D eigenvalue weighted by molar-refractivity contribution is -0.142. The molecule has 42 heavy (non-hydrogen) atoms. The van der Waals surface area contributed by atoms with Gasteiger partial charge in [0.05, 0.1) is 14.2 Å². The molecule has 11 nitrogen and oxygen atoms in total. The van der Waals surface area contributed by atoms with Gasteiger partial charge in [-0.1, -0.05) is 26.0 Å². The van der Waals surface area contributed by atoms with E-state index in [2.05, 4.69) is 39.5 Å². The third-order valence-electron chi connectivity index (χ3n) is 6.70. The highest BCUT2D eigenvalue weighted by molar-refractivity contribution is 5.89. The van der Waals surface area contributed by atoms with Crippen LogP contribution in [0.5, 0.6) is 11.5 Å². The van der Waals surface area contributed by atoms with Crippen LogP contribution in [0.2, 0.25) is 0 Å². The molecule has 12 heteroatoms. The van der Waals surface area contributed by atoms with Crippen molar-refractivity contribution < 1.29 is 23.5 Å². The summed E-state index contributed by atoms with van der Waals surface area (Å²) in [5, 5.41) is 15.6. The van der Waals surface area contributed by atoms with Gasteiger partial charge in [-0.25, -0.2) is 4.39 Å². The molecule has 3 rings (SSSR count). The topological polar surface area (TPSA) is 115 Å². The van der Waals surface area contributed by atoms with Crippen LogP contribution < -0.4 is 14.8 Å². The molecule has 2 aromatic carbocycles. The van der Waals surface area contributed by atoms with Crippen LogP contribution in [0.4, 0.5) is 4.39 Å². The van der Waals surface area contributed by atoms with Crippen LogP contribution in [0.3, 0.4) is 0 Å². The number of ether oxygens (including phenoxy) is 2. The summed E-state index contributed by atoms with van der Waals surface area (Å²) in [4.78, 5) is 32.6. The van der Waals surface area contributed by atoms with Crippen molar-refractivity contribution in [3.8, 4) is 22.9 Å². The molecule has 0 aliphatic rings. The number of carbonyl (C=O) groups excluding carboxylic acids is 2. The van der Waals surface area contributed by atoms with Gasteiger partial charge in [0.1, 0.15) is 18.4 Å². The number of halogens is 1. The van der Waals surface area contributed by atoms with Crippen molar-refractivity contribution in [2.75, 3.05) is 40.4 Å². The van der Waals surface area contributed by atoms with E-state index in [-0.39, 0.29) is 18.4 Å².